The molecule has 1 aliphatic rings. The van der Waals surface area contributed by atoms with Crippen molar-refractivity contribution in [1.82, 2.24) is 5.32 Å². The van der Waals surface area contributed by atoms with Gasteiger partial charge >= 0.3 is 5.97 Å². The number of esters is 1. The number of carbonyl (C=O) groups is 1. The molecule has 0 spiro atoms. The third kappa shape index (κ3) is 3.68. The van der Waals surface area contributed by atoms with Crippen molar-refractivity contribution < 1.29 is 14.3 Å². The number of hydrogen-bond acceptors (Lipinski definition) is 4. The van der Waals surface area contributed by atoms with Crippen LogP contribution in [0.3, 0.4) is 0 Å². The van der Waals surface area contributed by atoms with Gasteiger partial charge in [-0.3, -0.25) is 4.79 Å². The molecular formula is C13H25NO3. The van der Waals surface area contributed by atoms with Gasteiger partial charge in [0.25, 0.3) is 0 Å². The Morgan fingerprint density at radius 1 is 1.47 bits per heavy atom. The first kappa shape index (κ1) is 14.5. The van der Waals surface area contributed by atoms with Crippen LogP contribution in [0.15, 0.2) is 0 Å². The SMILES string of the molecule is CCOC(=O)CC1(NC)CCOC(C)(CC)C1. The molecule has 4 nitrogen and oxygen atoms in total. The van der Waals surface area contributed by atoms with E-state index in [0.29, 0.717) is 19.6 Å². The molecule has 0 bridgehead atoms. The summed E-state index contributed by atoms with van der Waals surface area (Å²) in [5.74, 6) is -0.123. The molecular weight excluding hydrogens is 218 g/mol. The average Bonchev–Trinajstić information content (AvgIpc) is 2.29. The van der Waals surface area contributed by atoms with Gasteiger partial charge in [0.1, 0.15) is 0 Å². The zero-order valence-electron chi connectivity index (χ0n) is 11.5. The molecule has 1 heterocycles. The molecule has 4 heteroatoms. The van der Waals surface area contributed by atoms with Gasteiger partial charge in [-0.1, -0.05) is 6.92 Å². The van der Waals surface area contributed by atoms with Crippen LogP contribution in [0.4, 0.5) is 0 Å². The lowest BCUT2D eigenvalue weighted by atomic mass is 9.77. The van der Waals surface area contributed by atoms with Crippen molar-refractivity contribution in [3.63, 3.8) is 0 Å². The van der Waals surface area contributed by atoms with Gasteiger partial charge in [-0.2, -0.15) is 0 Å². The first-order valence-corrected chi connectivity index (χ1v) is 6.48. The summed E-state index contributed by atoms with van der Waals surface area (Å²) in [5, 5.41) is 3.32. The molecule has 0 aromatic carbocycles. The molecule has 1 N–H and O–H groups in total. The van der Waals surface area contributed by atoms with E-state index in [0.717, 1.165) is 19.3 Å². The van der Waals surface area contributed by atoms with Gasteiger partial charge in [0.2, 0.25) is 0 Å². The van der Waals surface area contributed by atoms with E-state index in [9.17, 15) is 4.79 Å². The van der Waals surface area contributed by atoms with E-state index < -0.39 is 0 Å². The molecule has 2 unspecified atom stereocenters. The topological polar surface area (TPSA) is 47.6 Å². The van der Waals surface area contributed by atoms with Gasteiger partial charge in [0, 0.05) is 12.1 Å². The van der Waals surface area contributed by atoms with Crippen molar-refractivity contribution >= 4 is 5.97 Å². The minimum absolute atomic E-state index is 0.123. The van der Waals surface area contributed by atoms with E-state index in [1.54, 1.807) is 0 Å². The van der Waals surface area contributed by atoms with Crippen molar-refractivity contribution in [3.8, 4) is 0 Å². The van der Waals surface area contributed by atoms with Crippen LogP contribution in [-0.2, 0) is 14.3 Å². The minimum Gasteiger partial charge on any atom is -0.466 e. The molecule has 1 fully saturated rings. The Balaban J connectivity index is 2.70. The Hall–Kier alpha value is -0.610. The highest BCUT2D eigenvalue weighted by atomic mass is 16.5. The van der Waals surface area contributed by atoms with E-state index in [-0.39, 0.29) is 17.1 Å². The first-order chi connectivity index (χ1) is 7.99. The maximum atomic E-state index is 11.7. The molecule has 1 rings (SSSR count). The Kier molecular flexibility index (Phi) is 4.95. The smallest absolute Gasteiger partial charge is 0.307 e. The molecule has 0 aromatic heterocycles. The molecule has 0 radical (unpaired) electrons. The summed E-state index contributed by atoms with van der Waals surface area (Å²) in [5.41, 5.74) is -0.303. The van der Waals surface area contributed by atoms with Gasteiger partial charge in [-0.25, -0.2) is 0 Å². The van der Waals surface area contributed by atoms with Crippen molar-refractivity contribution in [2.45, 2.75) is 57.6 Å². The largest absolute Gasteiger partial charge is 0.466 e. The van der Waals surface area contributed by atoms with Crippen LogP contribution in [0.5, 0.6) is 0 Å². The van der Waals surface area contributed by atoms with E-state index in [4.69, 9.17) is 9.47 Å². The highest BCUT2D eigenvalue weighted by molar-refractivity contribution is 5.71. The van der Waals surface area contributed by atoms with Crippen LogP contribution in [0.1, 0.15) is 46.5 Å². The normalized spacial score (nSPS) is 33.4. The van der Waals surface area contributed by atoms with Gasteiger partial charge in [-0.05, 0) is 40.2 Å². The average molecular weight is 243 g/mol. The summed E-state index contributed by atoms with van der Waals surface area (Å²) >= 11 is 0. The second kappa shape index (κ2) is 5.83. The standard InChI is InChI=1S/C13H25NO3/c1-5-12(3)10-13(14-4,7-8-17-12)9-11(15)16-6-2/h14H,5-10H2,1-4H3. The van der Waals surface area contributed by atoms with Crippen molar-refractivity contribution in [1.29, 1.82) is 0 Å². The fraction of sp³-hybridized carbons (Fsp3) is 0.923. The molecule has 0 aromatic rings. The van der Waals surface area contributed by atoms with E-state index in [1.807, 2.05) is 14.0 Å². The van der Waals surface area contributed by atoms with E-state index in [2.05, 4.69) is 19.2 Å². The van der Waals surface area contributed by atoms with Crippen LogP contribution >= 0.6 is 0 Å². The second-order valence-corrected chi connectivity index (χ2v) is 5.09. The predicted octanol–water partition coefficient (Wildman–Crippen LogP) is 1.88. The molecule has 1 saturated heterocycles. The van der Waals surface area contributed by atoms with Crippen LogP contribution in [0.25, 0.3) is 0 Å². The number of nitrogens with one attached hydrogen (secondary N) is 1. The second-order valence-electron chi connectivity index (χ2n) is 5.09. The van der Waals surface area contributed by atoms with Gasteiger partial charge in [0.15, 0.2) is 0 Å². The Morgan fingerprint density at radius 2 is 2.18 bits per heavy atom. The summed E-state index contributed by atoms with van der Waals surface area (Å²) in [4.78, 5) is 11.7. The lowest BCUT2D eigenvalue weighted by molar-refractivity contribution is -0.149. The minimum atomic E-state index is -0.171. The monoisotopic (exact) mass is 243 g/mol. The molecule has 0 amide bonds. The Labute approximate surface area is 104 Å². The number of ether oxygens (including phenoxy) is 2. The first-order valence-electron chi connectivity index (χ1n) is 6.48. The Morgan fingerprint density at radius 3 is 2.71 bits per heavy atom. The zero-order valence-corrected chi connectivity index (χ0v) is 11.5. The molecule has 1 aliphatic heterocycles. The number of rotatable bonds is 5. The quantitative estimate of drug-likeness (QED) is 0.749. The van der Waals surface area contributed by atoms with Crippen molar-refractivity contribution in [2.75, 3.05) is 20.3 Å². The molecule has 100 valence electrons. The number of carbonyl (C=O) groups excluding carboxylic acids is 1. The lowest BCUT2D eigenvalue weighted by Gasteiger charge is -2.45. The number of hydrogen-bond donors (Lipinski definition) is 1. The molecule has 17 heavy (non-hydrogen) atoms. The highest BCUT2D eigenvalue weighted by Gasteiger charge is 2.42. The summed E-state index contributed by atoms with van der Waals surface area (Å²) in [7, 11) is 1.92. The van der Waals surface area contributed by atoms with Crippen molar-refractivity contribution in [2.24, 2.45) is 0 Å². The van der Waals surface area contributed by atoms with Crippen LogP contribution in [-0.4, -0.2) is 37.4 Å². The van der Waals surface area contributed by atoms with Gasteiger partial charge in [-0.15, -0.1) is 0 Å². The third-order valence-corrected chi connectivity index (χ3v) is 3.81. The highest BCUT2D eigenvalue weighted by Crippen LogP contribution is 2.36. The fourth-order valence-corrected chi connectivity index (χ4v) is 2.52. The van der Waals surface area contributed by atoms with Crippen molar-refractivity contribution in [3.05, 3.63) is 0 Å². The zero-order chi connectivity index (χ0) is 12.9. The maximum absolute atomic E-state index is 11.7. The lowest BCUT2D eigenvalue weighted by Crippen LogP contribution is -2.55. The van der Waals surface area contributed by atoms with Crippen LogP contribution < -0.4 is 5.32 Å². The van der Waals surface area contributed by atoms with Crippen LogP contribution in [0.2, 0.25) is 0 Å². The fourth-order valence-electron chi connectivity index (χ4n) is 2.52. The summed E-state index contributed by atoms with van der Waals surface area (Å²) in [6, 6.07) is 0. The maximum Gasteiger partial charge on any atom is 0.307 e. The summed E-state index contributed by atoms with van der Waals surface area (Å²) in [6.07, 6.45) is 3.10. The predicted molar refractivity (Wildman–Crippen MR) is 66.9 cm³/mol. The molecule has 2 atom stereocenters. The van der Waals surface area contributed by atoms with Gasteiger partial charge in [0.05, 0.1) is 18.6 Å². The van der Waals surface area contributed by atoms with Gasteiger partial charge < -0.3 is 14.8 Å². The van der Waals surface area contributed by atoms with Crippen LogP contribution in [0, 0.1) is 0 Å². The third-order valence-electron chi connectivity index (χ3n) is 3.81. The molecule has 0 saturated carbocycles. The van der Waals surface area contributed by atoms with E-state index >= 15 is 0 Å². The summed E-state index contributed by atoms with van der Waals surface area (Å²) in [6.45, 7) is 7.22. The summed E-state index contributed by atoms with van der Waals surface area (Å²) < 4.78 is 10.9. The van der Waals surface area contributed by atoms with E-state index in [1.165, 1.54) is 0 Å². The Bertz CT molecular complexity index is 269. The molecule has 0 aliphatic carbocycles.